The van der Waals surface area contributed by atoms with Gasteiger partial charge in [0.2, 0.25) is 5.91 Å². The summed E-state index contributed by atoms with van der Waals surface area (Å²) in [6, 6.07) is 14.5. The highest BCUT2D eigenvalue weighted by atomic mass is 16.6. The third-order valence-corrected chi connectivity index (χ3v) is 3.98. The van der Waals surface area contributed by atoms with E-state index in [0.29, 0.717) is 18.7 Å². The number of nitrogens with zero attached hydrogens (tertiary/aromatic N) is 3. The molecule has 7 nitrogen and oxygen atoms in total. The average molecular weight is 356 g/mol. The van der Waals surface area contributed by atoms with Gasteiger partial charge >= 0.3 is 0 Å². The molecule has 0 aliphatic carbocycles. The van der Waals surface area contributed by atoms with Crippen LogP contribution in [-0.4, -0.2) is 43.4 Å². The lowest BCUT2D eigenvalue weighted by atomic mass is 10.1. The zero-order valence-electron chi connectivity index (χ0n) is 15.3. The lowest BCUT2D eigenvalue weighted by Crippen LogP contribution is -2.34. The van der Waals surface area contributed by atoms with Crippen LogP contribution in [0.4, 0.5) is 11.4 Å². The van der Waals surface area contributed by atoms with Crippen molar-refractivity contribution in [2.75, 3.05) is 32.6 Å². The quantitative estimate of drug-likeness (QED) is 0.580. The van der Waals surface area contributed by atoms with Gasteiger partial charge in [-0.05, 0) is 24.7 Å². The molecule has 0 radical (unpaired) electrons. The lowest BCUT2D eigenvalue weighted by molar-refractivity contribution is -0.385. The van der Waals surface area contributed by atoms with Gasteiger partial charge in [-0.15, -0.1) is 0 Å². The molecule has 0 aromatic heterocycles. The van der Waals surface area contributed by atoms with Crippen LogP contribution in [0.15, 0.2) is 48.5 Å². The number of nitrogens with one attached hydrogen (secondary N) is 1. The molecule has 1 N–H and O–H groups in total. The summed E-state index contributed by atoms with van der Waals surface area (Å²) in [5.41, 5.74) is 2.78. The zero-order chi connectivity index (χ0) is 19.1. The summed E-state index contributed by atoms with van der Waals surface area (Å²) >= 11 is 0. The molecule has 2 aromatic rings. The number of para-hydroxylation sites is 1. The summed E-state index contributed by atoms with van der Waals surface area (Å²) in [6.07, 6.45) is 0. The van der Waals surface area contributed by atoms with E-state index in [2.05, 4.69) is 5.32 Å². The van der Waals surface area contributed by atoms with Crippen molar-refractivity contribution in [3.63, 3.8) is 0 Å². The summed E-state index contributed by atoms with van der Waals surface area (Å²) in [5, 5.41) is 13.9. The molecule has 0 fully saturated rings. The molecule has 0 bridgehead atoms. The number of carbonyl (C=O) groups excluding carboxylic acids is 1. The Hall–Kier alpha value is -2.93. The minimum Gasteiger partial charge on any atom is -0.378 e. The highest BCUT2D eigenvalue weighted by Gasteiger charge is 2.15. The molecule has 0 unspecified atom stereocenters. The number of carbonyl (C=O) groups is 1. The monoisotopic (exact) mass is 356 g/mol. The molecule has 2 rings (SSSR count). The summed E-state index contributed by atoms with van der Waals surface area (Å²) in [7, 11) is 5.72. The van der Waals surface area contributed by atoms with Gasteiger partial charge in [-0.25, -0.2) is 0 Å². The third kappa shape index (κ3) is 5.56. The van der Waals surface area contributed by atoms with Gasteiger partial charge in [0.05, 0.1) is 11.5 Å². The van der Waals surface area contributed by atoms with Crippen LogP contribution in [0.3, 0.4) is 0 Å². The Balaban J connectivity index is 1.85. The van der Waals surface area contributed by atoms with Gasteiger partial charge in [0.15, 0.2) is 0 Å². The topological polar surface area (TPSA) is 78.7 Å². The highest BCUT2D eigenvalue weighted by molar-refractivity contribution is 5.78. The predicted octanol–water partition coefficient (Wildman–Crippen LogP) is 2.41. The van der Waals surface area contributed by atoms with E-state index in [1.807, 2.05) is 43.3 Å². The van der Waals surface area contributed by atoms with E-state index in [1.54, 1.807) is 30.1 Å². The Morgan fingerprint density at radius 2 is 1.73 bits per heavy atom. The first-order chi connectivity index (χ1) is 12.4. The number of amides is 1. The van der Waals surface area contributed by atoms with Crippen molar-refractivity contribution in [3.05, 3.63) is 69.8 Å². The van der Waals surface area contributed by atoms with E-state index >= 15 is 0 Å². The Bertz CT molecular complexity index is 760. The van der Waals surface area contributed by atoms with E-state index < -0.39 is 4.92 Å². The molecule has 1 amide bonds. The standard InChI is InChI=1S/C19H24N4O3/c1-21(2)17-10-8-15(9-11-17)12-20-19(24)14-22(3)13-16-6-4-5-7-18(16)23(25)26/h4-11H,12-14H2,1-3H3,(H,20,24). The summed E-state index contributed by atoms with van der Waals surface area (Å²) in [6.45, 7) is 0.954. The summed E-state index contributed by atoms with van der Waals surface area (Å²) < 4.78 is 0. The molecule has 0 atom stereocenters. The number of rotatable bonds is 8. The molecular formula is C19H24N4O3. The molecule has 0 saturated carbocycles. The van der Waals surface area contributed by atoms with Crippen molar-refractivity contribution in [2.45, 2.75) is 13.1 Å². The Morgan fingerprint density at radius 1 is 1.08 bits per heavy atom. The van der Waals surface area contributed by atoms with Gasteiger partial charge < -0.3 is 10.2 Å². The Labute approximate surface area is 153 Å². The molecule has 0 aliphatic rings. The maximum absolute atomic E-state index is 12.1. The number of likely N-dealkylation sites (N-methyl/N-ethyl adjacent to an activating group) is 1. The first-order valence-electron chi connectivity index (χ1n) is 8.30. The van der Waals surface area contributed by atoms with Crippen LogP contribution < -0.4 is 10.2 Å². The number of hydrogen-bond acceptors (Lipinski definition) is 5. The average Bonchev–Trinajstić information content (AvgIpc) is 2.60. The van der Waals surface area contributed by atoms with Gasteiger partial charge in [-0.3, -0.25) is 19.8 Å². The van der Waals surface area contributed by atoms with Gasteiger partial charge in [0, 0.05) is 44.5 Å². The van der Waals surface area contributed by atoms with Crippen molar-refractivity contribution in [1.29, 1.82) is 0 Å². The molecule has 0 heterocycles. The van der Waals surface area contributed by atoms with Crippen LogP contribution in [0.2, 0.25) is 0 Å². The van der Waals surface area contributed by atoms with Gasteiger partial charge in [-0.1, -0.05) is 30.3 Å². The number of nitro benzene ring substituents is 1. The Morgan fingerprint density at radius 3 is 2.35 bits per heavy atom. The minimum atomic E-state index is -0.402. The molecule has 2 aromatic carbocycles. The van der Waals surface area contributed by atoms with Crippen molar-refractivity contribution >= 4 is 17.3 Å². The summed E-state index contributed by atoms with van der Waals surface area (Å²) in [4.78, 5) is 26.5. The van der Waals surface area contributed by atoms with Crippen LogP contribution in [-0.2, 0) is 17.9 Å². The predicted molar refractivity (Wildman–Crippen MR) is 102 cm³/mol. The van der Waals surface area contributed by atoms with Crippen molar-refractivity contribution in [3.8, 4) is 0 Å². The molecular weight excluding hydrogens is 332 g/mol. The number of nitro groups is 1. The summed E-state index contributed by atoms with van der Waals surface area (Å²) in [5.74, 6) is -0.122. The van der Waals surface area contributed by atoms with Crippen LogP contribution in [0, 0.1) is 10.1 Å². The first kappa shape index (κ1) is 19.4. The molecule has 26 heavy (non-hydrogen) atoms. The number of anilines is 1. The molecule has 0 saturated heterocycles. The molecule has 0 spiro atoms. The van der Waals surface area contributed by atoms with Crippen molar-refractivity contribution in [1.82, 2.24) is 10.2 Å². The van der Waals surface area contributed by atoms with Crippen LogP contribution in [0.25, 0.3) is 0 Å². The fraction of sp³-hybridized carbons (Fsp3) is 0.316. The third-order valence-electron chi connectivity index (χ3n) is 3.98. The van der Waals surface area contributed by atoms with E-state index in [1.165, 1.54) is 6.07 Å². The second-order valence-corrected chi connectivity index (χ2v) is 6.40. The van der Waals surface area contributed by atoms with E-state index in [-0.39, 0.29) is 18.1 Å². The lowest BCUT2D eigenvalue weighted by Gasteiger charge is -2.17. The van der Waals surface area contributed by atoms with Gasteiger partial charge in [-0.2, -0.15) is 0 Å². The zero-order valence-corrected chi connectivity index (χ0v) is 15.3. The number of hydrogen-bond donors (Lipinski definition) is 1. The van der Waals surface area contributed by atoms with E-state index in [4.69, 9.17) is 0 Å². The normalized spacial score (nSPS) is 10.6. The highest BCUT2D eigenvalue weighted by Crippen LogP contribution is 2.18. The van der Waals surface area contributed by atoms with Crippen LogP contribution >= 0.6 is 0 Å². The SMILES string of the molecule is CN(CC(=O)NCc1ccc(N(C)C)cc1)Cc1ccccc1[N+](=O)[O-]. The largest absolute Gasteiger partial charge is 0.378 e. The van der Waals surface area contributed by atoms with Crippen molar-refractivity contribution < 1.29 is 9.72 Å². The number of benzene rings is 2. The molecule has 0 aliphatic heterocycles. The van der Waals surface area contributed by atoms with Crippen molar-refractivity contribution in [2.24, 2.45) is 0 Å². The maximum atomic E-state index is 12.1. The molecule has 7 heteroatoms. The second kappa shape index (κ2) is 8.96. The van der Waals surface area contributed by atoms with Crippen LogP contribution in [0.1, 0.15) is 11.1 Å². The van der Waals surface area contributed by atoms with Gasteiger partial charge in [0.1, 0.15) is 0 Å². The van der Waals surface area contributed by atoms with E-state index in [9.17, 15) is 14.9 Å². The minimum absolute atomic E-state index is 0.0701. The maximum Gasteiger partial charge on any atom is 0.273 e. The fourth-order valence-electron chi connectivity index (χ4n) is 2.58. The van der Waals surface area contributed by atoms with Crippen LogP contribution in [0.5, 0.6) is 0 Å². The second-order valence-electron chi connectivity index (χ2n) is 6.40. The Kier molecular flexibility index (Phi) is 6.68. The smallest absolute Gasteiger partial charge is 0.273 e. The first-order valence-corrected chi connectivity index (χ1v) is 8.30. The van der Waals surface area contributed by atoms with E-state index in [0.717, 1.165) is 11.3 Å². The van der Waals surface area contributed by atoms with Gasteiger partial charge in [0.25, 0.3) is 5.69 Å². The fourth-order valence-corrected chi connectivity index (χ4v) is 2.58. The molecule has 138 valence electrons.